The number of amides is 1. The Bertz CT molecular complexity index is 1110. The lowest BCUT2D eigenvalue weighted by atomic mass is 10.1. The first-order valence-corrected chi connectivity index (χ1v) is 10.5. The van der Waals surface area contributed by atoms with Crippen molar-refractivity contribution in [3.05, 3.63) is 69.0 Å². The van der Waals surface area contributed by atoms with Crippen LogP contribution in [0.5, 0.6) is 5.75 Å². The van der Waals surface area contributed by atoms with E-state index in [1.54, 1.807) is 17.6 Å². The molecule has 0 unspecified atom stereocenters. The summed E-state index contributed by atoms with van der Waals surface area (Å²) >= 11 is 1.23. The quantitative estimate of drug-likeness (QED) is 0.320. The third-order valence-corrected chi connectivity index (χ3v) is 5.74. The van der Waals surface area contributed by atoms with Crippen LogP contribution in [0, 0.1) is 30.9 Å². The standard InChI is InChI=1S/C21H23N5O4S/c1-13-8-9-16(26(28)29)10-17(13)22-19(27)12-31-21-24-23-18(25(21)4)11-30-20-14(2)6-5-7-15(20)3/h5-10H,11-12H2,1-4H3,(H,22,27). The Morgan fingerprint density at radius 3 is 2.55 bits per heavy atom. The topological polar surface area (TPSA) is 112 Å². The average molecular weight is 442 g/mol. The molecular formula is C21H23N5O4S. The minimum Gasteiger partial charge on any atom is -0.485 e. The number of para-hydroxylation sites is 1. The molecule has 1 heterocycles. The average Bonchev–Trinajstić information content (AvgIpc) is 3.07. The Hall–Kier alpha value is -3.40. The fourth-order valence-electron chi connectivity index (χ4n) is 2.93. The molecule has 10 heteroatoms. The lowest BCUT2D eigenvalue weighted by molar-refractivity contribution is -0.384. The number of nitro groups is 1. The van der Waals surface area contributed by atoms with Crippen LogP contribution in [0.15, 0.2) is 41.6 Å². The Kier molecular flexibility index (Phi) is 6.91. The first-order valence-electron chi connectivity index (χ1n) is 9.51. The number of carbonyl (C=O) groups is 1. The van der Waals surface area contributed by atoms with E-state index in [0.717, 1.165) is 22.4 Å². The van der Waals surface area contributed by atoms with Crippen LogP contribution in [-0.4, -0.2) is 31.3 Å². The molecule has 3 aromatic rings. The lowest BCUT2D eigenvalue weighted by Gasteiger charge is -2.11. The van der Waals surface area contributed by atoms with Crippen molar-refractivity contribution in [2.24, 2.45) is 7.05 Å². The van der Waals surface area contributed by atoms with Gasteiger partial charge in [0.1, 0.15) is 12.4 Å². The largest absolute Gasteiger partial charge is 0.485 e. The molecule has 0 aliphatic carbocycles. The summed E-state index contributed by atoms with van der Waals surface area (Å²) in [5.41, 5.74) is 3.18. The smallest absolute Gasteiger partial charge is 0.271 e. The highest BCUT2D eigenvalue weighted by Gasteiger charge is 2.15. The Morgan fingerprint density at radius 2 is 1.87 bits per heavy atom. The van der Waals surface area contributed by atoms with Crippen molar-refractivity contribution in [2.45, 2.75) is 32.5 Å². The number of thioether (sulfide) groups is 1. The first kappa shape index (κ1) is 22.3. The maximum Gasteiger partial charge on any atom is 0.271 e. The number of nitrogens with one attached hydrogen (secondary N) is 1. The molecule has 0 radical (unpaired) electrons. The predicted octanol–water partition coefficient (Wildman–Crippen LogP) is 3.96. The molecule has 1 N–H and O–H groups in total. The van der Waals surface area contributed by atoms with Crippen LogP contribution in [0.25, 0.3) is 0 Å². The highest BCUT2D eigenvalue weighted by molar-refractivity contribution is 7.99. The number of anilines is 1. The highest BCUT2D eigenvalue weighted by atomic mass is 32.2. The van der Waals surface area contributed by atoms with Gasteiger partial charge in [0.05, 0.1) is 16.4 Å². The third kappa shape index (κ3) is 5.40. The summed E-state index contributed by atoms with van der Waals surface area (Å²) in [4.78, 5) is 22.8. The molecule has 2 aromatic carbocycles. The van der Waals surface area contributed by atoms with Gasteiger partial charge in [-0.05, 0) is 37.5 Å². The molecule has 0 aliphatic heterocycles. The molecule has 31 heavy (non-hydrogen) atoms. The van der Waals surface area contributed by atoms with Gasteiger partial charge in [0.25, 0.3) is 5.69 Å². The molecule has 9 nitrogen and oxygen atoms in total. The number of non-ortho nitro benzene ring substituents is 1. The van der Waals surface area contributed by atoms with E-state index < -0.39 is 4.92 Å². The van der Waals surface area contributed by atoms with Crippen LogP contribution in [0.1, 0.15) is 22.5 Å². The van der Waals surface area contributed by atoms with Gasteiger partial charge in [-0.25, -0.2) is 0 Å². The fourth-order valence-corrected chi connectivity index (χ4v) is 3.66. The number of hydrogen-bond donors (Lipinski definition) is 1. The van der Waals surface area contributed by atoms with Crippen LogP contribution in [0.4, 0.5) is 11.4 Å². The Balaban J connectivity index is 1.59. The van der Waals surface area contributed by atoms with Gasteiger partial charge in [-0.1, -0.05) is 36.0 Å². The number of carbonyl (C=O) groups excluding carboxylic acids is 1. The predicted molar refractivity (Wildman–Crippen MR) is 118 cm³/mol. The SMILES string of the molecule is Cc1ccc([N+](=O)[O-])cc1NC(=O)CSc1nnc(COc2c(C)cccc2C)n1C. The van der Waals surface area contributed by atoms with Gasteiger partial charge < -0.3 is 14.6 Å². The molecule has 0 spiro atoms. The number of hydrogen-bond acceptors (Lipinski definition) is 7. The van der Waals surface area contributed by atoms with E-state index in [1.807, 2.05) is 39.1 Å². The van der Waals surface area contributed by atoms with Gasteiger partial charge in [-0.2, -0.15) is 0 Å². The number of aromatic nitrogens is 3. The summed E-state index contributed by atoms with van der Waals surface area (Å²) in [5.74, 6) is 1.27. The molecular weight excluding hydrogens is 418 g/mol. The Morgan fingerprint density at radius 1 is 1.16 bits per heavy atom. The maximum atomic E-state index is 12.3. The van der Waals surface area contributed by atoms with Gasteiger partial charge in [0, 0.05) is 19.2 Å². The van der Waals surface area contributed by atoms with Crippen molar-refractivity contribution >= 4 is 29.0 Å². The van der Waals surface area contributed by atoms with Crippen molar-refractivity contribution in [2.75, 3.05) is 11.1 Å². The zero-order chi connectivity index (χ0) is 22.5. The summed E-state index contributed by atoms with van der Waals surface area (Å²) in [5, 5.41) is 22.5. The molecule has 0 saturated heterocycles. The summed E-state index contributed by atoms with van der Waals surface area (Å²) in [6.45, 7) is 6.01. The zero-order valence-electron chi connectivity index (χ0n) is 17.7. The van der Waals surface area contributed by atoms with Gasteiger partial charge >= 0.3 is 0 Å². The van der Waals surface area contributed by atoms with E-state index in [9.17, 15) is 14.9 Å². The van der Waals surface area contributed by atoms with E-state index >= 15 is 0 Å². The second-order valence-corrected chi connectivity index (χ2v) is 8.00. The monoisotopic (exact) mass is 441 g/mol. The van der Waals surface area contributed by atoms with Crippen LogP contribution < -0.4 is 10.1 Å². The Labute approximate surface area is 184 Å². The van der Waals surface area contributed by atoms with Crippen molar-refractivity contribution in [3.8, 4) is 5.75 Å². The van der Waals surface area contributed by atoms with Crippen LogP contribution >= 0.6 is 11.8 Å². The van der Waals surface area contributed by atoms with Crippen molar-refractivity contribution in [3.63, 3.8) is 0 Å². The molecule has 0 atom stereocenters. The van der Waals surface area contributed by atoms with Gasteiger partial charge in [-0.15, -0.1) is 10.2 Å². The minimum absolute atomic E-state index is 0.0737. The number of nitrogens with zero attached hydrogens (tertiary/aromatic N) is 4. The second kappa shape index (κ2) is 9.61. The molecule has 162 valence electrons. The van der Waals surface area contributed by atoms with E-state index in [-0.39, 0.29) is 24.0 Å². The van der Waals surface area contributed by atoms with E-state index in [2.05, 4.69) is 15.5 Å². The fraction of sp³-hybridized carbons (Fsp3) is 0.286. The number of rotatable bonds is 8. The van der Waals surface area contributed by atoms with Crippen molar-refractivity contribution in [1.29, 1.82) is 0 Å². The molecule has 1 aromatic heterocycles. The van der Waals surface area contributed by atoms with Gasteiger partial charge in [-0.3, -0.25) is 14.9 Å². The summed E-state index contributed by atoms with van der Waals surface area (Å²) in [6.07, 6.45) is 0. The van der Waals surface area contributed by atoms with Gasteiger partial charge in [0.2, 0.25) is 5.91 Å². The van der Waals surface area contributed by atoms with E-state index in [0.29, 0.717) is 16.7 Å². The van der Waals surface area contributed by atoms with Gasteiger partial charge in [0.15, 0.2) is 11.0 Å². The highest BCUT2D eigenvalue weighted by Crippen LogP contribution is 2.25. The number of aryl methyl sites for hydroxylation is 3. The lowest BCUT2D eigenvalue weighted by Crippen LogP contribution is -2.15. The first-order chi connectivity index (χ1) is 14.8. The summed E-state index contributed by atoms with van der Waals surface area (Å²) in [6, 6.07) is 10.3. The number of ether oxygens (including phenoxy) is 1. The number of nitro benzene ring substituents is 1. The van der Waals surface area contributed by atoms with Crippen molar-refractivity contribution < 1.29 is 14.5 Å². The molecule has 3 rings (SSSR count). The molecule has 0 fully saturated rings. The van der Waals surface area contributed by atoms with Crippen LogP contribution in [0.2, 0.25) is 0 Å². The summed E-state index contributed by atoms with van der Waals surface area (Å²) in [7, 11) is 1.81. The molecule has 1 amide bonds. The van der Waals surface area contributed by atoms with E-state index in [1.165, 1.54) is 23.9 Å². The third-order valence-electron chi connectivity index (χ3n) is 4.72. The maximum absolute atomic E-state index is 12.3. The van der Waals surface area contributed by atoms with Crippen LogP contribution in [0.3, 0.4) is 0 Å². The van der Waals surface area contributed by atoms with E-state index in [4.69, 9.17) is 4.74 Å². The zero-order valence-corrected chi connectivity index (χ0v) is 18.5. The minimum atomic E-state index is -0.495. The molecule has 0 bridgehead atoms. The van der Waals surface area contributed by atoms with Crippen molar-refractivity contribution in [1.82, 2.24) is 14.8 Å². The normalized spacial score (nSPS) is 10.7. The molecule has 0 aliphatic rings. The van der Waals surface area contributed by atoms with Crippen LogP contribution in [-0.2, 0) is 18.4 Å². The summed E-state index contributed by atoms with van der Waals surface area (Å²) < 4.78 is 7.71. The second-order valence-electron chi connectivity index (χ2n) is 7.06. The number of benzene rings is 2. The molecule has 0 saturated carbocycles.